The van der Waals surface area contributed by atoms with Crippen LogP contribution in [-0.2, 0) is 0 Å². The molecule has 1 aliphatic rings. The second kappa shape index (κ2) is 5.23. The zero-order valence-corrected chi connectivity index (χ0v) is 9.82. The lowest BCUT2D eigenvalue weighted by atomic mass is 10.1. The maximum Gasteiger partial charge on any atom is 0.0704 e. The molecule has 0 bridgehead atoms. The van der Waals surface area contributed by atoms with E-state index in [1.807, 2.05) is 19.1 Å². The van der Waals surface area contributed by atoms with Gasteiger partial charge in [0.1, 0.15) is 0 Å². The van der Waals surface area contributed by atoms with E-state index in [2.05, 4.69) is 33.9 Å². The summed E-state index contributed by atoms with van der Waals surface area (Å²) >= 11 is 0. The van der Waals surface area contributed by atoms with Crippen LogP contribution in [0.1, 0.15) is 17.4 Å². The number of rotatable bonds is 3. The lowest BCUT2D eigenvalue weighted by Crippen LogP contribution is -2.44. The summed E-state index contributed by atoms with van der Waals surface area (Å²) in [6.45, 7) is 10.2. The van der Waals surface area contributed by atoms with E-state index in [0.717, 1.165) is 37.6 Å². The fourth-order valence-corrected chi connectivity index (χ4v) is 2.15. The fourth-order valence-electron chi connectivity index (χ4n) is 2.15. The Kier molecular flexibility index (Phi) is 3.70. The molecule has 1 atom stereocenters. The van der Waals surface area contributed by atoms with Crippen molar-refractivity contribution in [2.75, 3.05) is 26.2 Å². The summed E-state index contributed by atoms with van der Waals surface area (Å²) in [5.74, 6) is 0. The minimum absolute atomic E-state index is 0.252. The number of hydrogen-bond acceptors (Lipinski definition) is 3. The molecule has 0 saturated carbocycles. The van der Waals surface area contributed by atoms with Gasteiger partial charge in [-0.15, -0.1) is 6.58 Å². The summed E-state index contributed by atoms with van der Waals surface area (Å²) in [6.07, 6.45) is 1.99. The second-order valence-electron chi connectivity index (χ2n) is 4.17. The normalized spacial score (nSPS) is 19.3. The van der Waals surface area contributed by atoms with Crippen LogP contribution < -0.4 is 5.32 Å². The van der Waals surface area contributed by atoms with E-state index in [0.29, 0.717) is 0 Å². The first-order valence-corrected chi connectivity index (χ1v) is 5.82. The molecule has 0 spiro atoms. The zero-order valence-electron chi connectivity index (χ0n) is 9.82. The molecule has 1 saturated heterocycles. The molecule has 3 nitrogen and oxygen atoms in total. The Hall–Kier alpha value is -1.19. The van der Waals surface area contributed by atoms with Crippen LogP contribution in [-0.4, -0.2) is 36.1 Å². The lowest BCUT2D eigenvalue weighted by Gasteiger charge is -2.32. The molecular weight excluding hydrogens is 198 g/mol. The fraction of sp³-hybridized carbons (Fsp3) is 0.462. The highest BCUT2D eigenvalue weighted by atomic mass is 15.2. The molecule has 2 rings (SSSR count). The number of hydrogen-bond donors (Lipinski definition) is 1. The molecule has 0 aliphatic carbocycles. The topological polar surface area (TPSA) is 28.2 Å². The summed E-state index contributed by atoms with van der Waals surface area (Å²) in [6, 6.07) is 6.43. The number of aromatic nitrogens is 1. The Morgan fingerprint density at radius 1 is 1.44 bits per heavy atom. The molecule has 86 valence electrons. The number of nitrogens with one attached hydrogen (secondary N) is 1. The van der Waals surface area contributed by atoms with Crippen LogP contribution in [0.3, 0.4) is 0 Å². The van der Waals surface area contributed by atoms with Gasteiger partial charge in [0, 0.05) is 31.9 Å². The van der Waals surface area contributed by atoms with Crippen molar-refractivity contribution in [2.24, 2.45) is 0 Å². The van der Waals surface area contributed by atoms with Gasteiger partial charge in [0.15, 0.2) is 0 Å². The molecule has 0 radical (unpaired) electrons. The highest BCUT2D eigenvalue weighted by Gasteiger charge is 2.20. The predicted octanol–water partition coefficient (Wildman–Crippen LogP) is 1.52. The third kappa shape index (κ3) is 2.49. The van der Waals surface area contributed by atoms with Crippen molar-refractivity contribution in [1.82, 2.24) is 15.2 Å². The monoisotopic (exact) mass is 217 g/mol. The van der Waals surface area contributed by atoms with E-state index in [9.17, 15) is 0 Å². The van der Waals surface area contributed by atoms with Gasteiger partial charge in [-0.3, -0.25) is 9.88 Å². The van der Waals surface area contributed by atoms with Gasteiger partial charge in [0.2, 0.25) is 0 Å². The Balaban J connectivity index is 2.17. The van der Waals surface area contributed by atoms with Crippen molar-refractivity contribution >= 4 is 0 Å². The largest absolute Gasteiger partial charge is 0.314 e. The van der Waals surface area contributed by atoms with E-state index < -0.39 is 0 Å². The molecule has 1 N–H and O–H groups in total. The van der Waals surface area contributed by atoms with Crippen molar-refractivity contribution in [3.05, 3.63) is 42.2 Å². The van der Waals surface area contributed by atoms with Crippen LogP contribution in [0.2, 0.25) is 0 Å². The first-order chi connectivity index (χ1) is 7.81. The van der Waals surface area contributed by atoms with Crippen molar-refractivity contribution in [2.45, 2.75) is 13.0 Å². The maximum absolute atomic E-state index is 4.59. The van der Waals surface area contributed by atoms with Gasteiger partial charge in [-0.1, -0.05) is 12.1 Å². The van der Waals surface area contributed by atoms with Gasteiger partial charge in [-0.2, -0.15) is 0 Å². The third-order valence-corrected chi connectivity index (χ3v) is 2.98. The van der Waals surface area contributed by atoms with Crippen molar-refractivity contribution in [3.8, 4) is 0 Å². The van der Waals surface area contributed by atoms with Gasteiger partial charge >= 0.3 is 0 Å². The highest BCUT2D eigenvalue weighted by Crippen LogP contribution is 2.20. The van der Waals surface area contributed by atoms with Gasteiger partial charge in [0.05, 0.1) is 11.7 Å². The summed E-state index contributed by atoms with van der Waals surface area (Å²) < 4.78 is 0. The SMILES string of the molecule is C=C[C@H](c1cccc(C)n1)N1CCNCC1. The van der Waals surface area contributed by atoms with Crippen LogP contribution in [0.25, 0.3) is 0 Å². The predicted molar refractivity (Wildman–Crippen MR) is 66.4 cm³/mol. The quantitative estimate of drug-likeness (QED) is 0.778. The smallest absolute Gasteiger partial charge is 0.0704 e. The van der Waals surface area contributed by atoms with Gasteiger partial charge in [-0.05, 0) is 19.1 Å². The maximum atomic E-state index is 4.59. The van der Waals surface area contributed by atoms with Crippen LogP contribution >= 0.6 is 0 Å². The third-order valence-electron chi connectivity index (χ3n) is 2.98. The summed E-state index contributed by atoms with van der Waals surface area (Å²) in [5.41, 5.74) is 2.18. The Bertz CT molecular complexity index is 356. The second-order valence-corrected chi connectivity index (χ2v) is 4.17. The van der Waals surface area contributed by atoms with E-state index in [1.165, 1.54) is 0 Å². The molecule has 1 aromatic heterocycles. The number of pyridine rings is 1. The van der Waals surface area contributed by atoms with E-state index in [-0.39, 0.29) is 6.04 Å². The Morgan fingerprint density at radius 3 is 2.81 bits per heavy atom. The van der Waals surface area contributed by atoms with E-state index in [4.69, 9.17) is 0 Å². The van der Waals surface area contributed by atoms with Crippen LogP contribution in [0, 0.1) is 6.92 Å². The molecule has 1 fully saturated rings. The van der Waals surface area contributed by atoms with Crippen molar-refractivity contribution in [1.29, 1.82) is 0 Å². The van der Waals surface area contributed by atoms with Gasteiger partial charge in [-0.25, -0.2) is 0 Å². The molecule has 1 aliphatic heterocycles. The molecule has 0 aromatic carbocycles. The molecule has 16 heavy (non-hydrogen) atoms. The standard InChI is InChI=1S/C13H19N3/c1-3-13(16-9-7-14-8-10-16)12-6-4-5-11(2)15-12/h3-6,13-14H,1,7-10H2,2H3/t13-/m1/s1. The van der Waals surface area contributed by atoms with Gasteiger partial charge < -0.3 is 5.32 Å². The molecule has 0 unspecified atom stereocenters. The Morgan fingerprint density at radius 2 is 2.19 bits per heavy atom. The molecular formula is C13H19N3. The van der Waals surface area contributed by atoms with Gasteiger partial charge in [0.25, 0.3) is 0 Å². The lowest BCUT2D eigenvalue weighted by molar-refractivity contribution is 0.200. The average Bonchev–Trinajstić information content (AvgIpc) is 2.31. The molecule has 3 heteroatoms. The number of nitrogens with zero attached hydrogens (tertiary/aromatic N) is 2. The van der Waals surface area contributed by atoms with E-state index in [1.54, 1.807) is 0 Å². The Labute approximate surface area is 97.2 Å². The van der Waals surface area contributed by atoms with Crippen LogP contribution in [0.15, 0.2) is 30.9 Å². The molecule has 0 amide bonds. The van der Waals surface area contributed by atoms with Crippen LogP contribution in [0.4, 0.5) is 0 Å². The first-order valence-electron chi connectivity index (χ1n) is 5.82. The average molecular weight is 217 g/mol. The summed E-state index contributed by atoms with van der Waals surface area (Å²) in [5, 5.41) is 3.36. The van der Waals surface area contributed by atoms with E-state index >= 15 is 0 Å². The summed E-state index contributed by atoms with van der Waals surface area (Å²) in [4.78, 5) is 7.01. The van der Waals surface area contributed by atoms with Crippen molar-refractivity contribution < 1.29 is 0 Å². The number of aryl methyl sites for hydroxylation is 1. The zero-order chi connectivity index (χ0) is 11.4. The first kappa shape index (κ1) is 11.3. The minimum atomic E-state index is 0.252. The molecule has 2 heterocycles. The number of piperazine rings is 1. The van der Waals surface area contributed by atoms with Crippen LogP contribution in [0.5, 0.6) is 0 Å². The van der Waals surface area contributed by atoms with Crippen molar-refractivity contribution in [3.63, 3.8) is 0 Å². The highest BCUT2D eigenvalue weighted by molar-refractivity contribution is 5.17. The summed E-state index contributed by atoms with van der Waals surface area (Å²) in [7, 11) is 0. The molecule has 1 aromatic rings. The minimum Gasteiger partial charge on any atom is -0.314 e.